The molecule has 0 unspecified atom stereocenters. The highest BCUT2D eigenvalue weighted by molar-refractivity contribution is 7.92. The molecule has 0 spiro atoms. The summed E-state index contributed by atoms with van der Waals surface area (Å²) in [6.07, 6.45) is 5.26. The number of hydrogen-bond donors (Lipinski definition) is 1. The highest BCUT2D eigenvalue weighted by Gasteiger charge is 2.35. The van der Waals surface area contributed by atoms with E-state index in [4.69, 9.17) is 21.1 Å². The van der Waals surface area contributed by atoms with Crippen LogP contribution in [0.4, 0.5) is 5.69 Å². The average Bonchev–Trinajstić information content (AvgIpc) is 3.50. The molecule has 0 radical (unpaired) electrons. The number of hydrogen-bond acceptors (Lipinski definition) is 6. The first-order valence-corrected chi connectivity index (χ1v) is 17.0. The first kappa shape index (κ1) is 31.7. The van der Waals surface area contributed by atoms with Gasteiger partial charge in [0.25, 0.3) is 0 Å². The SMILES string of the molecule is CCS(=O)(=O)N(CC(=O)N(Cc1cccc(Cl)c1)[C@@H](Cc1ccccc1)C(=O)NC1CCCCC1)c1ccc2c(c1)OCO2. The van der Waals surface area contributed by atoms with Crippen molar-refractivity contribution >= 4 is 39.1 Å². The van der Waals surface area contributed by atoms with Gasteiger partial charge in [-0.25, -0.2) is 8.42 Å². The van der Waals surface area contributed by atoms with E-state index in [0.29, 0.717) is 16.5 Å². The van der Waals surface area contributed by atoms with Gasteiger partial charge in [0.05, 0.1) is 11.4 Å². The molecule has 0 saturated heterocycles. The molecule has 1 N–H and O–H groups in total. The quantitative estimate of drug-likeness (QED) is 0.288. The van der Waals surface area contributed by atoms with Gasteiger partial charge in [-0.05, 0) is 55.2 Å². The predicted octanol–water partition coefficient (Wildman–Crippen LogP) is 5.31. The summed E-state index contributed by atoms with van der Waals surface area (Å²) < 4.78 is 38.8. The minimum absolute atomic E-state index is 0.0307. The molecule has 1 saturated carbocycles. The number of amides is 2. The van der Waals surface area contributed by atoms with Gasteiger partial charge in [0, 0.05) is 30.1 Å². The van der Waals surface area contributed by atoms with Gasteiger partial charge >= 0.3 is 0 Å². The van der Waals surface area contributed by atoms with Gasteiger partial charge in [0.2, 0.25) is 28.6 Å². The smallest absolute Gasteiger partial charge is 0.244 e. The average molecular weight is 640 g/mol. The zero-order valence-electron chi connectivity index (χ0n) is 24.8. The van der Waals surface area contributed by atoms with E-state index in [1.807, 2.05) is 36.4 Å². The van der Waals surface area contributed by atoms with Crippen LogP contribution in [0.2, 0.25) is 5.02 Å². The van der Waals surface area contributed by atoms with Gasteiger partial charge < -0.3 is 19.7 Å². The second kappa shape index (κ2) is 14.3. The first-order valence-electron chi connectivity index (χ1n) is 15.0. The van der Waals surface area contributed by atoms with Crippen LogP contribution in [-0.2, 0) is 32.6 Å². The van der Waals surface area contributed by atoms with Crippen molar-refractivity contribution < 1.29 is 27.5 Å². The number of benzene rings is 3. The lowest BCUT2D eigenvalue weighted by atomic mass is 9.94. The molecule has 1 fully saturated rings. The van der Waals surface area contributed by atoms with Crippen molar-refractivity contribution in [1.29, 1.82) is 0 Å². The molecule has 234 valence electrons. The summed E-state index contributed by atoms with van der Waals surface area (Å²) in [5.41, 5.74) is 1.88. The first-order chi connectivity index (χ1) is 21.2. The zero-order valence-corrected chi connectivity index (χ0v) is 26.4. The molecule has 3 aromatic carbocycles. The van der Waals surface area contributed by atoms with Gasteiger partial charge in [-0.15, -0.1) is 0 Å². The van der Waals surface area contributed by atoms with Crippen LogP contribution in [0.15, 0.2) is 72.8 Å². The molecule has 1 heterocycles. The largest absolute Gasteiger partial charge is 0.454 e. The molecule has 3 aromatic rings. The zero-order chi connectivity index (χ0) is 31.1. The second-order valence-electron chi connectivity index (χ2n) is 11.1. The molecule has 0 bridgehead atoms. The molecule has 9 nitrogen and oxygen atoms in total. The molecular formula is C33H38ClN3O6S. The van der Waals surface area contributed by atoms with E-state index in [1.165, 1.54) is 11.8 Å². The molecule has 2 aliphatic rings. The van der Waals surface area contributed by atoms with Crippen molar-refractivity contribution in [2.75, 3.05) is 23.4 Å². The van der Waals surface area contributed by atoms with E-state index in [9.17, 15) is 18.0 Å². The number of nitrogens with zero attached hydrogens (tertiary/aromatic N) is 2. The van der Waals surface area contributed by atoms with Crippen LogP contribution in [0, 0.1) is 0 Å². The highest BCUT2D eigenvalue weighted by Crippen LogP contribution is 2.36. The molecule has 5 rings (SSSR count). The van der Waals surface area contributed by atoms with Crippen molar-refractivity contribution in [2.45, 2.75) is 64.1 Å². The monoisotopic (exact) mass is 639 g/mol. The van der Waals surface area contributed by atoms with E-state index in [-0.39, 0.29) is 43.1 Å². The lowest BCUT2D eigenvalue weighted by Crippen LogP contribution is -2.55. The number of fused-ring (bicyclic) bond motifs is 1. The van der Waals surface area contributed by atoms with Gasteiger partial charge in [0.15, 0.2) is 11.5 Å². The van der Waals surface area contributed by atoms with Gasteiger partial charge in [-0.1, -0.05) is 73.3 Å². The van der Waals surface area contributed by atoms with Crippen molar-refractivity contribution in [2.24, 2.45) is 0 Å². The maximum atomic E-state index is 14.4. The van der Waals surface area contributed by atoms with Crippen LogP contribution in [0.1, 0.15) is 50.2 Å². The standard InChI is InChI=1S/C33H38ClN3O6S/c1-2-44(40,41)37(28-16-17-30-31(20-28)43-23-42-30)22-32(38)36(21-25-12-9-13-26(34)18-25)29(19-24-10-5-3-6-11-24)33(39)35-27-14-7-4-8-15-27/h3,5-6,9-13,16-18,20,27,29H,2,4,7-8,14-15,19,21-23H2,1H3,(H,35,39)/t29-/m0/s1. The Bertz CT molecular complexity index is 1560. The molecule has 2 amide bonds. The van der Waals surface area contributed by atoms with E-state index in [0.717, 1.165) is 47.5 Å². The molecule has 1 atom stereocenters. The third kappa shape index (κ3) is 7.84. The van der Waals surface area contributed by atoms with Crippen molar-refractivity contribution in [3.8, 4) is 11.5 Å². The summed E-state index contributed by atoms with van der Waals surface area (Å²) in [4.78, 5) is 29.9. The van der Waals surface area contributed by atoms with Crippen LogP contribution < -0.4 is 19.1 Å². The fraction of sp³-hybridized carbons (Fsp3) is 0.394. The number of nitrogens with one attached hydrogen (secondary N) is 1. The normalized spacial score (nSPS) is 15.4. The third-order valence-electron chi connectivity index (χ3n) is 8.09. The maximum Gasteiger partial charge on any atom is 0.244 e. The molecular weight excluding hydrogens is 602 g/mol. The summed E-state index contributed by atoms with van der Waals surface area (Å²) in [6, 6.07) is 20.5. The van der Waals surface area contributed by atoms with Crippen LogP contribution in [0.5, 0.6) is 11.5 Å². The minimum atomic E-state index is -3.90. The molecule has 0 aromatic heterocycles. The van der Waals surface area contributed by atoms with E-state index >= 15 is 0 Å². The number of ether oxygens (including phenoxy) is 2. The fourth-order valence-corrected chi connectivity index (χ4v) is 6.96. The van der Waals surface area contributed by atoms with Crippen molar-refractivity contribution in [3.63, 3.8) is 0 Å². The van der Waals surface area contributed by atoms with E-state index in [2.05, 4.69) is 5.32 Å². The van der Waals surface area contributed by atoms with Crippen LogP contribution in [0.3, 0.4) is 0 Å². The molecule has 11 heteroatoms. The topological polar surface area (TPSA) is 105 Å². The third-order valence-corrected chi connectivity index (χ3v) is 10.1. The number of halogens is 1. The number of rotatable bonds is 12. The summed E-state index contributed by atoms with van der Waals surface area (Å²) in [6.45, 7) is 1.12. The van der Waals surface area contributed by atoms with Crippen LogP contribution in [0.25, 0.3) is 0 Å². The van der Waals surface area contributed by atoms with Crippen molar-refractivity contribution in [3.05, 3.63) is 88.9 Å². The van der Waals surface area contributed by atoms with E-state index in [1.54, 1.807) is 36.4 Å². The van der Waals surface area contributed by atoms with Gasteiger partial charge in [-0.3, -0.25) is 13.9 Å². The fourth-order valence-electron chi connectivity index (χ4n) is 5.69. The van der Waals surface area contributed by atoms with Crippen molar-refractivity contribution in [1.82, 2.24) is 10.2 Å². The van der Waals surface area contributed by atoms with E-state index < -0.39 is 28.5 Å². The Hall–Kier alpha value is -3.76. The Balaban J connectivity index is 1.51. The number of anilines is 1. The molecule has 1 aliphatic carbocycles. The molecule has 1 aliphatic heterocycles. The number of carbonyl (C=O) groups excluding carboxylic acids is 2. The second-order valence-corrected chi connectivity index (χ2v) is 13.8. The molecule has 44 heavy (non-hydrogen) atoms. The lowest BCUT2D eigenvalue weighted by Gasteiger charge is -2.35. The predicted molar refractivity (Wildman–Crippen MR) is 170 cm³/mol. The Morgan fingerprint density at radius 2 is 1.66 bits per heavy atom. The lowest BCUT2D eigenvalue weighted by molar-refractivity contribution is -0.140. The Morgan fingerprint density at radius 1 is 0.932 bits per heavy atom. The maximum absolute atomic E-state index is 14.4. The summed E-state index contributed by atoms with van der Waals surface area (Å²) in [5.74, 6) is -0.100. The Kier molecular flexibility index (Phi) is 10.3. The van der Waals surface area contributed by atoms with Gasteiger partial charge in [0.1, 0.15) is 12.6 Å². The highest BCUT2D eigenvalue weighted by atomic mass is 35.5. The summed E-state index contributed by atoms with van der Waals surface area (Å²) >= 11 is 6.31. The Morgan fingerprint density at radius 3 is 2.39 bits per heavy atom. The number of carbonyl (C=O) groups is 2. The van der Waals surface area contributed by atoms with Crippen LogP contribution >= 0.6 is 11.6 Å². The number of sulfonamides is 1. The van der Waals surface area contributed by atoms with Crippen LogP contribution in [-0.4, -0.2) is 56.3 Å². The summed E-state index contributed by atoms with van der Waals surface area (Å²) in [7, 11) is -3.90. The Labute approximate surface area is 264 Å². The van der Waals surface area contributed by atoms with Gasteiger partial charge in [-0.2, -0.15) is 0 Å². The summed E-state index contributed by atoms with van der Waals surface area (Å²) in [5, 5.41) is 3.70. The minimum Gasteiger partial charge on any atom is -0.454 e.